The quantitative estimate of drug-likeness (QED) is 0.242. The zero-order valence-corrected chi connectivity index (χ0v) is 27.2. The third-order valence-electron chi connectivity index (χ3n) is 7.92. The van der Waals surface area contributed by atoms with Gasteiger partial charge in [-0.25, -0.2) is 8.42 Å². The van der Waals surface area contributed by atoms with Crippen molar-refractivity contribution >= 4 is 50.7 Å². The van der Waals surface area contributed by atoms with E-state index in [-0.39, 0.29) is 23.4 Å². The average molecular weight is 645 g/mol. The number of benzene rings is 3. The van der Waals surface area contributed by atoms with E-state index in [9.17, 15) is 18.0 Å². The fourth-order valence-corrected chi connectivity index (χ4v) is 7.33. The Balaban J connectivity index is 1.74. The maximum Gasteiger partial charge on any atom is 0.264 e. The Labute approximate surface area is 265 Å². The summed E-state index contributed by atoms with van der Waals surface area (Å²) in [6.45, 7) is 5.10. The van der Waals surface area contributed by atoms with E-state index < -0.39 is 28.5 Å². The van der Waals surface area contributed by atoms with Crippen molar-refractivity contribution in [2.24, 2.45) is 0 Å². The first-order chi connectivity index (χ1) is 20.5. The van der Waals surface area contributed by atoms with E-state index in [1.54, 1.807) is 42.5 Å². The Hall–Kier alpha value is -3.07. The van der Waals surface area contributed by atoms with E-state index >= 15 is 0 Å². The largest absolute Gasteiger partial charge is 0.352 e. The van der Waals surface area contributed by atoms with Gasteiger partial charge in [-0.1, -0.05) is 85.8 Å². The van der Waals surface area contributed by atoms with Gasteiger partial charge in [0, 0.05) is 12.6 Å². The first-order valence-corrected chi connectivity index (χ1v) is 16.9. The SMILES string of the molecule is CC[C@@H](C(=O)NC1CCCCC1)N(Cc1ccc(Cl)c(Cl)c1)C(=O)CN(c1cc(C)ccc1C)S(=O)(=O)c1ccccc1. The molecule has 230 valence electrons. The van der Waals surface area contributed by atoms with Crippen molar-refractivity contribution < 1.29 is 18.0 Å². The van der Waals surface area contributed by atoms with Crippen molar-refractivity contribution in [3.63, 3.8) is 0 Å². The minimum atomic E-state index is -4.14. The zero-order valence-electron chi connectivity index (χ0n) is 24.9. The highest BCUT2D eigenvalue weighted by Gasteiger charge is 2.35. The van der Waals surface area contributed by atoms with Crippen molar-refractivity contribution in [3.8, 4) is 0 Å². The highest BCUT2D eigenvalue weighted by molar-refractivity contribution is 7.92. The molecular formula is C33H39Cl2N3O4S. The minimum Gasteiger partial charge on any atom is -0.352 e. The van der Waals surface area contributed by atoms with Crippen molar-refractivity contribution in [1.82, 2.24) is 10.2 Å². The Bertz CT molecular complexity index is 1540. The van der Waals surface area contributed by atoms with Gasteiger partial charge in [-0.15, -0.1) is 0 Å². The van der Waals surface area contributed by atoms with Crippen LogP contribution in [-0.2, 0) is 26.2 Å². The Kier molecular flexibility index (Phi) is 11.2. The van der Waals surface area contributed by atoms with E-state index in [0.29, 0.717) is 33.3 Å². The van der Waals surface area contributed by atoms with Crippen molar-refractivity contribution in [2.75, 3.05) is 10.8 Å². The molecule has 1 aliphatic rings. The second-order valence-corrected chi connectivity index (χ2v) is 13.8. The number of sulfonamides is 1. The van der Waals surface area contributed by atoms with Crippen molar-refractivity contribution in [3.05, 3.63) is 93.5 Å². The van der Waals surface area contributed by atoms with Crippen LogP contribution in [0.3, 0.4) is 0 Å². The van der Waals surface area contributed by atoms with Gasteiger partial charge in [-0.05, 0) is 80.1 Å². The second-order valence-electron chi connectivity index (χ2n) is 11.2. The summed E-state index contributed by atoms with van der Waals surface area (Å²) in [6, 6.07) is 17.9. The van der Waals surface area contributed by atoms with Gasteiger partial charge in [0.1, 0.15) is 12.6 Å². The summed E-state index contributed by atoms with van der Waals surface area (Å²) in [6.07, 6.45) is 5.40. The van der Waals surface area contributed by atoms with Crippen molar-refractivity contribution in [2.45, 2.75) is 82.8 Å². The van der Waals surface area contributed by atoms with Crippen LogP contribution in [0.2, 0.25) is 10.0 Å². The second kappa shape index (κ2) is 14.6. The molecule has 4 rings (SSSR count). The molecular weight excluding hydrogens is 605 g/mol. The van der Waals surface area contributed by atoms with Crippen LogP contribution in [0.1, 0.15) is 62.1 Å². The monoisotopic (exact) mass is 643 g/mol. The maximum absolute atomic E-state index is 14.3. The maximum atomic E-state index is 14.3. The summed E-state index contributed by atoms with van der Waals surface area (Å²) < 4.78 is 29.3. The molecule has 0 aliphatic heterocycles. The van der Waals surface area contributed by atoms with Gasteiger partial charge < -0.3 is 10.2 Å². The fourth-order valence-electron chi connectivity index (χ4n) is 5.52. The van der Waals surface area contributed by atoms with Gasteiger partial charge in [0.05, 0.1) is 20.6 Å². The predicted octanol–water partition coefficient (Wildman–Crippen LogP) is 7.06. The molecule has 0 saturated heterocycles. The highest BCUT2D eigenvalue weighted by atomic mass is 35.5. The third kappa shape index (κ3) is 8.11. The lowest BCUT2D eigenvalue weighted by molar-refractivity contribution is -0.140. The summed E-state index contributed by atoms with van der Waals surface area (Å²) >= 11 is 12.5. The first-order valence-electron chi connectivity index (χ1n) is 14.7. The smallest absolute Gasteiger partial charge is 0.264 e. The Morgan fingerprint density at radius 1 is 0.930 bits per heavy atom. The molecule has 3 aromatic carbocycles. The Morgan fingerprint density at radius 3 is 2.28 bits per heavy atom. The van der Waals surface area contributed by atoms with Crippen LogP contribution in [0, 0.1) is 13.8 Å². The summed E-state index contributed by atoms with van der Waals surface area (Å²) in [5.74, 6) is -0.746. The number of nitrogens with zero attached hydrogens (tertiary/aromatic N) is 2. The standard InChI is InChI=1S/C33H39Cl2N3O4S/c1-4-30(33(40)36-26-11-7-5-8-12-26)37(21-25-17-18-28(34)29(35)20-25)32(39)22-38(31-19-23(2)15-16-24(31)3)43(41,42)27-13-9-6-10-14-27/h6,9-10,13-20,26,30H,4-5,7-8,11-12,21-22H2,1-3H3,(H,36,40)/t30-/m0/s1. The van der Waals surface area contributed by atoms with E-state index in [1.807, 2.05) is 32.9 Å². The molecule has 1 atom stereocenters. The van der Waals surface area contributed by atoms with E-state index in [1.165, 1.54) is 17.0 Å². The topological polar surface area (TPSA) is 86.8 Å². The summed E-state index contributed by atoms with van der Waals surface area (Å²) in [5.41, 5.74) is 2.64. The predicted molar refractivity (Wildman–Crippen MR) is 173 cm³/mol. The molecule has 10 heteroatoms. The van der Waals surface area contributed by atoms with Crippen LogP contribution in [0.5, 0.6) is 0 Å². The van der Waals surface area contributed by atoms with Crippen LogP contribution in [-0.4, -0.2) is 43.8 Å². The number of nitrogens with one attached hydrogen (secondary N) is 1. The molecule has 3 aromatic rings. The molecule has 1 aliphatic carbocycles. The first kappa shape index (κ1) is 32.8. The number of aryl methyl sites for hydroxylation is 2. The van der Waals surface area contributed by atoms with Crippen LogP contribution >= 0.6 is 23.2 Å². The van der Waals surface area contributed by atoms with Crippen LogP contribution in [0.15, 0.2) is 71.6 Å². The van der Waals surface area contributed by atoms with Crippen molar-refractivity contribution in [1.29, 1.82) is 0 Å². The molecule has 43 heavy (non-hydrogen) atoms. The average Bonchev–Trinajstić information content (AvgIpc) is 2.99. The summed E-state index contributed by atoms with van der Waals surface area (Å²) in [7, 11) is -4.14. The van der Waals surface area contributed by atoms with Gasteiger partial charge in [0.2, 0.25) is 11.8 Å². The zero-order chi connectivity index (χ0) is 31.1. The number of rotatable bonds is 11. The van der Waals surface area contributed by atoms with Gasteiger partial charge in [-0.3, -0.25) is 13.9 Å². The van der Waals surface area contributed by atoms with Gasteiger partial charge in [0.15, 0.2) is 0 Å². The lowest BCUT2D eigenvalue weighted by Gasteiger charge is -2.35. The molecule has 1 saturated carbocycles. The normalized spacial score (nSPS) is 14.6. The van der Waals surface area contributed by atoms with Crippen LogP contribution in [0.4, 0.5) is 5.69 Å². The molecule has 0 heterocycles. The van der Waals surface area contributed by atoms with Gasteiger partial charge in [-0.2, -0.15) is 0 Å². The number of hydrogen-bond acceptors (Lipinski definition) is 4. The molecule has 0 aromatic heterocycles. The van der Waals surface area contributed by atoms with E-state index in [2.05, 4.69) is 5.32 Å². The van der Waals surface area contributed by atoms with E-state index in [4.69, 9.17) is 23.2 Å². The van der Waals surface area contributed by atoms with E-state index in [0.717, 1.165) is 42.0 Å². The highest BCUT2D eigenvalue weighted by Crippen LogP contribution is 2.29. The van der Waals surface area contributed by atoms with Crippen LogP contribution < -0.4 is 9.62 Å². The lowest BCUT2D eigenvalue weighted by Crippen LogP contribution is -2.54. The van der Waals surface area contributed by atoms with Gasteiger partial charge >= 0.3 is 0 Å². The molecule has 1 N–H and O–H groups in total. The van der Waals surface area contributed by atoms with Crippen LogP contribution in [0.25, 0.3) is 0 Å². The minimum absolute atomic E-state index is 0.0539. The van der Waals surface area contributed by atoms with Gasteiger partial charge in [0.25, 0.3) is 10.0 Å². The Morgan fingerprint density at radius 2 is 1.63 bits per heavy atom. The number of hydrogen-bond donors (Lipinski definition) is 1. The lowest BCUT2D eigenvalue weighted by atomic mass is 9.95. The molecule has 0 bridgehead atoms. The molecule has 7 nitrogen and oxygen atoms in total. The summed E-state index contributed by atoms with van der Waals surface area (Å²) in [4.78, 5) is 29.6. The molecule has 2 amide bonds. The molecule has 0 unspecified atom stereocenters. The molecule has 0 radical (unpaired) electrons. The number of carbonyl (C=O) groups is 2. The summed E-state index contributed by atoms with van der Waals surface area (Å²) in [5, 5.41) is 3.86. The number of carbonyl (C=O) groups excluding carboxylic acids is 2. The third-order valence-corrected chi connectivity index (χ3v) is 10.4. The number of halogens is 2. The number of amides is 2. The molecule has 1 fully saturated rings. The number of anilines is 1. The molecule has 0 spiro atoms. The fraction of sp³-hybridized carbons (Fsp3) is 0.394.